The molecule has 0 saturated heterocycles. The molecule has 2 heterocycles. The van der Waals surface area contributed by atoms with Crippen LogP contribution in [0.1, 0.15) is 38.8 Å². The molecule has 0 radical (unpaired) electrons. The first-order chi connectivity index (χ1) is 14.3. The molecule has 1 aromatic carbocycles. The fourth-order valence-corrected chi connectivity index (χ4v) is 3.12. The SMILES string of the molecule is Cc1ccc(C)c(OCc2ccc(C(=O)NCCn3nc(C)c([N+](=O)[O-])c3C)o2)c1. The second kappa shape index (κ2) is 8.81. The standard InChI is InChI=1S/C21H24N4O5/c1-13-5-6-14(2)19(11-13)29-12-17-7-8-18(30-17)21(26)22-9-10-24-16(4)20(25(27)28)15(3)23-24/h5-8,11H,9-10,12H2,1-4H3,(H,22,26). The summed E-state index contributed by atoms with van der Waals surface area (Å²) in [5, 5.41) is 18.0. The van der Waals surface area contributed by atoms with E-state index in [1.807, 2.05) is 32.0 Å². The summed E-state index contributed by atoms with van der Waals surface area (Å²) in [6.07, 6.45) is 0. The van der Waals surface area contributed by atoms with Gasteiger partial charge in [-0.05, 0) is 57.0 Å². The van der Waals surface area contributed by atoms with E-state index in [0.29, 0.717) is 23.7 Å². The van der Waals surface area contributed by atoms with Crippen LogP contribution in [0.4, 0.5) is 5.69 Å². The molecule has 0 atom stereocenters. The maximum Gasteiger partial charge on any atom is 0.312 e. The third-order valence-corrected chi connectivity index (χ3v) is 4.73. The quantitative estimate of drug-likeness (QED) is 0.447. The molecule has 1 N–H and O–H groups in total. The van der Waals surface area contributed by atoms with Crippen molar-refractivity contribution in [3.8, 4) is 5.75 Å². The third kappa shape index (κ3) is 4.68. The van der Waals surface area contributed by atoms with Gasteiger partial charge >= 0.3 is 5.69 Å². The third-order valence-electron chi connectivity index (χ3n) is 4.73. The highest BCUT2D eigenvalue weighted by Crippen LogP contribution is 2.22. The van der Waals surface area contributed by atoms with Crippen molar-refractivity contribution in [2.75, 3.05) is 6.54 Å². The summed E-state index contributed by atoms with van der Waals surface area (Å²) in [6, 6.07) is 9.25. The van der Waals surface area contributed by atoms with Gasteiger partial charge in [-0.15, -0.1) is 0 Å². The van der Waals surface area contributed by atoms with Crippen LogP contribution in [0.5, 0.6) is 5.75 Å². The van der Waals surface area contributed by atoms with Crippen LogP contribution in [0.2, 0.25) is 0 Å². The van der Waals surface area contributed by atoms with E-state index in [2.05, 4.69) is 10.4 Å². The minimum absolute atomic E-state index is 0.000787. The van der Waals surface area contributed by atoms with Crippen LogP contribution in [-0.2, 0) is 13.2 Å². The Morgan fingerprint density at radius 3 is 2.70 bits per heavy atom. The van der Waals surface area contributed by atoms with Crippen molar-refractivity contribution < 1.29 is 18.9 Å². The van der Waals surface area contributed by atoms with Crippen LogP contribution in [0, 0.1) is 37.8 Å². The molecule has 0 bridgehead atoms. The summed E-state index contributed by atoms with van der Waals surface area (Å²) in [5.41, 5.74) is 2.93. The van der Waals surface area contributed by atoms with Crippen molar-refractivity contribution in [1.29, 1.82) is 0 Å². The zero-order valence-corrected chi connectivity index (χ0v) is 17.4. The molecule has 0 fully saturated rings. The molecule has 9 heteroatoms. The Morgan fingerprint density at radius 1 is 1.23 bits per heavy atom. The summed E-state index contributed by atoms with van der Waals surface area (Å²) < 4.78 is 12.9. The van der Waals surface area contributed by atoms with Crippen molar-refractivity contribution >= 4 is 11.6 Å². The van der Waals surface area contributed by atoms with Gasteiger partial charge in [0.05, 0.1) is 11.5 Å². The lowest BCUT2D eigenvalue weighted by molar-refractivity contribution is -0.386. The molecule has 2 aromatic heterocycles. The minimum Gasteiger partial charge on any atom is -0.485 e. The summed E-state index contributed by atoms with van der Waals surface area (Å²) in [4.78, 5) is 22.9. The van der Waals surface area contributed by atoms with Crippen molar-refractivity contribution in [1.82, 2.24) is 15.1 Å². The molecule has 1 amide bonds. The first-order valence-corrected chi connectivity index (χ1v) is 9.51. The molecule has 0 saturated carbocycles. The summed E-state index contributed by atoms with van der Waals surface area (Å²) >= 11 is 0. The Bertz CT molecular complexity index is 1080. The highest BCUT2D eigenvalue weighted by molar-refractivity contribution is 5.91. The number of nitro groups is 1. The number of carbonyl (C=O) groups excluding carboxylic acids is 1. The van der Waals surface area contributed by atoms with Crippen LogP contribution >= 0.6 is 0 Å². The molecule has 9 nitrogen and oxygen atoms in total. The van der Waals surface area contributed by atoms with Gasteiger partial charge in [0.15, 0.2) is 5.76 Å². The zero-order chi connectivity index (χ0) is 21.8. The fraction of sp³-hybridized carbons (Fsp3) is 0.333. The van der Waals surface area contributed by atoms with E-state index in [1.165, 1.54) is 4.68 Å². The van der Waals surface area contributed by atoms with Crippen LogP contribution in [0.25, 0.3) is 0 Å². The molecule has 3 rings (SSSR count). The second-order valence-electron chi connectivity index (χ2n) is 7.08. The number of nitrogens with zero attached hydrogens (tertiary/aromatic N) is 3. The maximum absolute atomic E-state index is 12.3. The second-order valence-corrected chi connectivity index (χ2v) is 7.08. The number of furan rings is 1. The van der Waals surface area contributed by atoms with Gasteiger partial charge in [0.1, 0.15) is 29.5 Å². The van der Waals surface area contributed by atoms with Gasteiger partial charge in [0.25, 0.3) is 5.91 Å². The molecule has 3 aromatic rings. The first kappa shape index (κ1) is 21.1. The van der Waals surface area contributed by atoms with Gasteiger partial charge in [-0.1, -0.05) is 12.1 Å². The van der Waals surface area contributed by atoms with E-state index in [0.717, 1.165) is 16.9 Å². The molecule has 0 unspecified atom stereocenters. The van der Waals surface area contributed by atoms with E-state index in [4.69, 9.17) is 9.15 Å². The highest BCUT2D eigenvalue weighted by atomic mass is 16.6. The number of rotatable bonds is 8. The molecule has 0 aliphatic heterocycles. The Kier molecular flexibility index (Phi) is 6.20. The minimum atomic E-state index is -0.447. The van der Waals surface area contributed by atoms with Gasteiger partial charge in [-0.3, -0.25) is 19.6 Å². The Balaban J connectivity index is 1.53. The van der Waals surface area contributed by atoms with Gasteiger partial charge in [0.2, 0.25) is 0 Å². The molecule has 0 aliphatic carbocycles. The molecular weight excluding hydrogens is 388 g/mol. The van der Waals surface area contributed by atoms with E-state index in [1.54, 1.807) is 26.0 Å². The van der Waals surface area contributed by atoms with Gasteiger partial charge < -0.3 is 14.5 Å². The number of ether oxygens (including phenoxy) is 1. The predicted molar refractivity (Wildman–Crippen MR) is 110 cm³/mol. The van der Waals surface area contributed by atoms with E-state index in [-0.39, 0.29) is 30.5 Å². The maximum atomic E-state index is 12.3. The van der Waals surface area contributed by atoms with Gasteiger partial charge in [-0.2, -0.15) is 5.10 Å². The lowest BCUT2D eigenvalue weighted by Gasteiger charge is -2.08. The number of aryl methyl sites for hydroxylation is 3. The zero-order valence-electron chi connectivity index (χ0n) is 17.4. The molecule has 0 aliphatic rings. The number of amides is 1. The van der Waals surface area contributed by atoms with Crippen LogP contribution < -0.4 is 10.1 Å². The van der Waals surface area contributed by atoms with Crippen molar-refractivity contribution in [2.45, 2.75) is 40.8 Å². The Labute approximate surface area is 173 Å². The average Bonchev–Trinajstić information content (AvgIpc) is 3.27. The molecular formula is C21H24N4O5. The van der Waals surface area contributed by atoms with E-state index >= 15 is 0 Å². The van der Waals surface area contributed by atoms with E-state index < -0.39 is 4.92 Å². The summed E-state index contributed by atoms with van der Waals surface area (Å²) in [5.74, 6) is 1.12. The Hall–Kier alpha value is -3.62. The van der Waals surface area contributed by atoms with Gasteiger partial charge in [-0.25, -0.2) is 0 Å². The first-order valence-electron chi connectivity index (χ1n) is 9.51. The highest BCUT2D eigenvalue weighted by Gasteiger charge is 2.21. The van der Waals surface area contributed by atoms with Gasteiger partial charge in [0, 0.05) is 6.54 Å². The molecule has 0 spiro atoms. The lowest BCUT2D eigenvalue weighted by Crippen LogP contribution is -2.27. The molecule has 30 heavy (non-hydrogen) atoms. The Morgan fingerprint density at radius 2 is 2.00 bits per heavy atom. The summed E-state index contributed by atoms with van der Waals surface area (Å²) in [7, 11) is 0. The normalized spacial score (nSPS) is 10.8. The lowest BCUT2D eigenvalue weighted by atomic mass is 10.1. The number of nitrogens with one attached hydrogen (secondary N) is 1. The predicted octanol–water partition coefficient (Wildman–Crippen LogP) is 3.63. The average molecular weight is 412 g/mol. The molecule has 158 valence electrons. The smallest absolute Gasteiger partial charge is 0.312 e. The number of aromatic nitrogens is 2. The largest absolute Gasteiger partial charge is 0.485 e. The van der Waals surface area contributed by atoms with Crippen molar-refractivity contribution in [2.24, 2.45) is 0 Å². The van der Waals surface area contributed by atoms with Crippen LogP contribution in [0.15, 0.2) is 34.7 Å². The van der Waals surface area contributed by atoms with E-state index in [9.17, 15) is 14.9 Å². The summed E-state index contributed by atoms with van der Waals surface area (Å²) in [6.45, 7) is 7.97. The topological polar surface area (TPSA) is 112 Å². The van der Waals surface area contributed by atoms with Crippen molar-refractivity contribution in [3.63, 3.8) is 0 Å². The van der Waals surface area contributed by atoms with Crippen LogP contribution in [0.3, 0.4) is 0 Å². The number of hydrogen-bond donors (Lipinski definition) is 1. The number of benzene rings is 1. The monoisotopic (exact) mass is 412 g/mol. The van der Waals surface area contributed by atoms with Crippen LogP contribution in [-0.4, -0.2) is 27.2 Å². The number of hydrogen-bond acceptors (Lipinski definition) is 6. The van der Waals surface area contributed by atoms with Crippen molar-refractivity contribution in [3.05, 3.63) is 74.5 Å². The fourth-order valence-electron chi connectivity index (χ4n) is 3.12. The number of carbonyl (C=O) groups is 1.